The van der Waals surface area contributed by atoms with Crippen LogP contribution in [0.1, 0.15) is 43.5 Å². The van der Waals surface area contributed by atoms with Gasteiger partial charge in [-0.2, -0.15) is 18.3 Å². The van der Waals surface area contributed by atoms with Crippen LogP contribution < -0.4 is 38.3 Å². The number of fused-ring (bicyclic) bond motifs is 2. The van der Waals surface area contributed by atoms with Crippen LogP contribution in [0.3, 0.4) is 0 Å². The van der Waals surface area contributed by atoms with Gasteiger partial charge in [0, 0.05) is 52.8 Å². The second-order valence-corrected chi connectivity index (χ2v) is 11.8. The normalized spacial score (nSPS) is 18.2. The first-order chi connectivity index (χ1) is 23.7. The summed E-state index contributed by atoms with van der Waals surface area (Å²) in [6, 6.07) is 9.20. The smallest absolute Gasteiger partial charge is 0.393 e. The number of carbonyl (C=O) groups is 1. The molecule has 50 heavy (non-hydrogen) atoms. The number of pyridine rings is 1. The lowest BCUT2D eigenvalue weighted by Crippen LogP contribution is -2.33. The Morgan fingerprint density at radius 1 is 1.14 bits per heavy atom. The zero-order chi connectivity index (χ0) is 36.2. The van der Waals surface area contributed by atoms with Gasteiger partial charge in [-0.3, -0.25) is 34.4 Å². The predicted molar refractivity (Wildman–Crippen MR) is 181 cm³/mol. The van der Waals surface area contributed by atoms with Gasteiger partial charge in [0.25, 0.3) is 11.1 Å². The molecule has 3 aromatic heterocycles. The molecule has 2 unspecified atom stereocenters. The number of rotatable bonds is 6. The summed E-state index contributed by atoms with van der Waals surface area (Å²) in [5, 5.41) is 21.5. The minimum atomic E-state index is -4.82. The number of amides is 1. The van der Waals surface area contributed by atoms with Gasteiger partial charge in [-0.25, -0.2) is 15.9 Å². The van der Waals surface area contributed by atoms with E-state index in [4.69, 9.17) is 28.6 Å². The quantitative estimate of drug-likeness (QED) is 0.125. The third-order valence-electron chi connectivity index (χ3n) is 7.84. The summed E-state index contributed by atoms with van der Waals surface area (Å²) in [6.45, 7) is 1.74. The minimum absolute atomic E-state index is 0.0473. The van der Waals surface area contributed by atoms with Crippen LogP contribution in [-0.4, -0.2) is 42.5 Å². The van der Waals surface area contributed by atoms with E-state index in [1.165, 1.54) is 59.8 Å². The van der Waals surface area contributed by atoms with Gasteiger partial charge in [-0.15, -0.1) is 0 Å². The van der Waals surface area contributed by atoms with E-state index >= 15 is 0 Å². The molecule has 5 rings (SSSR count). The minimum Gasteiger partial charge on any atom is -0.393 e. The molecule has 0 saturated carbocycles. The number of alkyl halides is 3. The zero-order valence-corrected chi connectivity index (χ0v) is 27.1. The summed E-state index contributed by atoms with van der Waals surface area (Å²) in [5.41, 5.74) is 4.26. The van der Waals surface area contributed by atoms with Crippen molar-refractivity contribution in [2.45, 2.75) is 38.4 Å². The van der Waals surface area contributed by atoms with Crippen LogP contribution >= 0.6 is 11.6 Å². The molecule has 0 saturated heterocycles. The number of hydrogen-bond donors (Lipinski definition) is 6. The van der Waals surface area contributed by atoms with E-state index in [2.05, 4.69) is 30.8 Å². The molecule has 4 heterocycles. The van der Waals surface area contributed by atoms with Crippen molar-refractivity contribution in [3.8, 4) is 11.3 Å². The Balaban J connectivity index is 1.53. The largest absolute Gasteiger partial charge is 0.432 e. The van der Waals surface area contributed by atoms with Gasteiger partial charge in [0.05, 0.1) is 52.7 Å². The highest BCUT2D eigenvalue weighted by Gasteiger charge is 2.32. The van der Waals surface area contributed by atoms with E-state index in [-0.39, 0.29) is 39.3 Å². The van der Waals surface area contributed by atoms with E-state index < -0.39 is 35.0 Å². The predicted octanol–water partition coefficient (Wildman–Crippen LogP) is 3.93. The number of aromatic nitrogens is 5. The van der Waals surface area contributed by atoms with Crippen molar-refractivity contribution in [1.82, 2.24) is 30.0 Å². The molecular formula is C32H31ClF3N11O3. The van der Waals surface area contributed by atoms with Crippen LogP contribution in [-0.2, 0) is 4.79 Å². The standard InChI is InChI=1S/C32H31ClF3N11O3/c1-17-3-2-4-26(23-9-18(7-8-40-23)30(38)24(44-31(17)50)14-41-20-11-28(48)45-43-13-20)46-16-42-22(12-29(46)49)21-10-19(33)5-6-25(21)47(39)15-27(37)32(34,35)36/h5-17,26,38H,2-4,37,39H2,1H3,(H,44,50)(H2,41,45,48)/b24-14+,27-15-,38-30?. The highest BCUT2D eigenvalue weighted by atomic mass is 35.5. The summed E-state index contributed by atoms with van der Waals surface area (Å²) in [6.07, 6.45) is 2.53. The number of carbonyl (C=O) groups excluding carboxylic acids is 1. The van der Waals surface area contributed by atoms with Gasteiger partial charge in [0.2, 0.25) is 5.91 Å². The fraction of sp³-hybridized carbons (Fsp3) is 0.219. The maximum absolute atomic E-state index is 13.7. The van der Waals surface area contributed by atoms with Gasteiger partial charge in [-0.05, 0) is 43.2 Å². The molecule has 1 aliphatic heterocycles. The maximum Gasteiger partial charge on any atom is 0.432 e. The molecular weight excluding hydrogens is 679 g/mol. The third kappa shape index (κ3) is 8.24. The van der Waals surface area contributed by atoms with Crippen molar-refractivity contribution in [3.63, 3.8) is 0 Å². The number of anilines is 2. The first-order valence-electron chi connectivity index (χ1n) is 15.1. The summed E-state index contributed by atoms with van der Waals surface area (Å²) < 4.78 is 40.6. The molecule has 0 spiro atoms. The average molecular weight is 710 g/mol. The molecule has 18 heteroatoms. The van der Waals surface area contributed by atoms with Gasteiger partial charge < -0.3 is 16.4 Å². The maximum atomic E-state index is 13.7. The van der Waals surface area contributed by atoms with Crippen molar-refractivity contribution in [2.24, 2.45) is 17.5 Å². The number of aromatic amines is 1. The highest BCUT2D eigenvalue weighted by molar-refractivity contribution is 6.31. The van der Waals surface area contributed by atoms with Crippen LogP contribution in [0.5, 0.6) is 0 Å². The van der Waals surface area contributed by atoms with Crippen molar-refractivity contribution in [2.75, 3.05) is 10.3 Å². The van der Waals surface area contributed by atoms with E-state index in [1.54, 1.807) is 19.1 Å². The lowest BCUT2D eigenvalue weighted by Gasteiger charge is -2.23. The second kappa shape index (κ2) is 14.8. The highest BCUT2D eigenvalue weighted by Crippen LogP contribution is 2.33. The second-order valence-electron chi connectivity index (χ2n) is 11.4. The Hall–Kier alpha value is -5.81. The Kier molecular flexibility index (Phi) is 10.5. The first-order valence-corrected chi connectivity index (χ1v) is 15.4. The molecule has 1 aromatic carbocycles. The SMILES string of the molecule is CC1CCCC(n2cnc(-c3cc(Cl)ccc3N(N)/C=C(\N)C(F)(F)F)cc2=O)c2cc(ccn2)C(=N)/C(=C\Nc2cn[nH]c(=O)c2)NC1=O. The number of nitrogens with zero attached hydrogens (tertiary/aromatic N) is 5. The Morgan fingerprint density at radius 2 is 1.92 bits per heavy atom. The Bertz CT molecular complexity index is 2110. The number of benzene rings is 1. The lowest BCUT2D eigenvalue weighted by molar-refractivity contribution is -0.123. The van der Waals surface area contributed by atoms with Crippen molar-refractivity contribution in [1.29, 1.82) is 5.41 Å². The molecule has 1 aliphatic rings. The summed E-state index contributed by atoms with van der Waals surface area (Å²) in [7, 11) is 0. The number of hydrazine groups is 1. The lowest BCUT2D eigenvalue weighted by atomic mass is 9.96. The van der Waals surface area contributed by atoms with E-state index in [0.29, 0.717) is 47.4 Å². The molecule has 0 radical (unpaired) electrons. The van der Waals surface area contributed by atoms with Crippen LogP contribution in [0, 0.1) is 11.3 Å². The monoisotopic (exact) mass is 709 g/mol. The number of halogens is 4. The zero-order valence-electron chi connectivity index (χ0n) is 26.3. The average Bonchev–Trinajstić information content (AvgIpc) is 3.07. The molecule has 2 bridgehead atoms. The van der Waals surface area contributed by atoms with Crippen LogP contribution in [0.25, 0.3) is 11.3 Å². The van der Waals surface area contributed by atoms with E-state index in [0.717, 1.165) is 0 Å². The number of nitrogens with one attached hydrogen (secondary N) is 4. The van der Waals surface area contributed by atoms with Gasteiger partial charge in [0.1, 0.15) is 5.70 Å². The molecule has 4 aromatic rings. The molecule has 0 fully saturated rings. The Labute approximate surface area is 287 Å². The van der Waals surface area contributed by atoms with Crippen LogP contribution in [0.4, 0.5) is 24.5 Å². The van der Waals surface area contributed by atoms with Crippen molar-refractivity contribution < 1.29 is 18.0 Å². The number of H-pyrrole nitrogens is 1. The Morgan fingerprint density at radius 3 is 2.64 bits per heavy atom. The van der Waals surface area contributed by atoms with Gasteiger partial charge >= 0.3 is 6.18 Å². The van der Waals surface area contributed by atoms with Crippen molar-refractivity contribution >= 4 is 34.6 Å². The fourth-order valence-corrected chi connectivity index (χ4v) is 5.35. The van der Waals surface area contributed by atoms with E-state index in [1.807, 2.05) is 0 Å². The molecule has 2 atom stereocenters. The van der Waals surface area contributed by atoms with E-state index in [9.17, 15) is 27.6 Å². The molecule has 14 nitrogen and oxygen atoms in total. The summed E-state index contributed by atoms with van der Waals surface area (Å²) in [4.78, 5) is 47.5. The molecule has 260 valence electrons. The van der Waals surface area contributed by atoms with Crippen molar-refractivity contribution in [3.05, 3.63) is 122 Å². The molecule has 8 N–H and O–H groups in total. The fourth-order valence-electron chi connectivity index (χ4n) is 5.18. The summed E-state index contributed by atoms with van der Waals surface area (Å²) in [5.74, 6) is 5.12. The number of hydrogen-bond acceptors (Lipinski definition) is 11. The topological polar surface area (TPSA) is 214 Å². The molecule has 0 aliphatic carbocycles. The van der Waals surface area contributed by atoms with Gasteiger partial charge in [-0.1, -0.05) is 24.9 Å². The first kappa shape index (κ1) is 35.5. The number of nitrogens with two attached hydrogens (primary N) is 2. The van der Waals surface area contributed by atoms with Crippen LogP contribution in [0.15, 0.2) is 94.6 Å². The van der Waals surface area contributed by atoms with Crippen LogP contribution in [0.2, 0.25) is 5.02 Å². The number of allylic oxidation sites excluding steroid dienone is 2. The third-order valence-corrected chi connectivity index (χ3v) is 8.07. The molecule has 1 amide bonds. The summed E-state index contributed by atoms with van der Waals surface area (Å²) >= 11 is 6.20. The van der Waals surface area contributed by atoms with Gasteiger partial charge in [0.15, 0.2) is 0 Å².